The van der Waals surface area contributed by atoms with Crippen LogP contribution in [0.2, 0.25) is 0 Å². The summed E-state index contributed by atoms with van der Waals surface area (Å²) < 4.78 is 0. The minimum Gasteiger partial charge on any atom is -0.378 e. The van der Waals surface area contributed by atoms with Gasteiger partial charge < -0.3 is 5.32 Å². The van der Waals surface area contributed by atoms with E-state index in [9.17, 15) is 0 Å². The molecule has 0 spiro atoms. The lowest BCUT2D eigenvalue weighted by molar-refractivity contribution is 1.13. The van der Waals surface area contributed by atoms with Gasteiger partial charge in [-0.05, 0) is 19.1 Å². The zero-order valence-electron chi connectivity index (χ0n) is 6.59. The van der Waals surface area contributed by atoms with Gasteiger partial charge >= 0.3 is 0 Å². The molecule has 0 aliphatic heterocycles. The molecule has 58 valence electrons. The molecule has 0 bridgehead atoms. The predicted octanol–water partition coefficient (Wildman–Crippen LogP) is 1.28. The first-order chi connectivity index (χ1) is 5.24. The highest BCUT2D eigenvalue weighted by Crippen LogP contribution is 1.97. The van der Waals surface area contributed by atoms with Crippen molar-refractivity contribution in [1.29, 1.82) is 0 Å². The minimum absolute atomic E-state index is 0.689. The van der Waals surface area contributed by atoms with Crippen molar-refractivity contribution < 1.29 is 0 Å². The Kier molecular flexibility index (Phi) is 2.54. The molecule has 11 heavy (non-hydrogen) atoms. The second kappa shape index (κ2) is 3.44. The smallest absolute Gasteiger partial charge is 0.125 e. The molecule has 0 saturated carbocycles. The zero-order chi connectivity index (χ0) is 8.27. The Hall–Kier alpha value is -0.960. The molecular formula is C8H10N2S. The van der Waals surface area contributed by atoms with Gasteiger partial charge in [0.15, 0.2) is 0 Å². The first-order valence-corrected chi connectivity index (χ1v) is 3.80. The van der Waals surface area contributed by atoms with Gasteiger partial charge in [0.2, 0.25) is 0 Å². The number of aryl methyl sites for hydroxylation is 1. The third-order valence-electron chi connectivity index (χ3n) is 1.35. The summed E-state index contributed by atoms with van der Waals surface area (Å²) in [6.07, 6.45) is 0. The summed E-state index contributed by atoms with van der Waals surface area (Å²) in [4.78, 5) is 4.93. The van der Waals surface area contributed by atoms with Crippen LogP contribution in [0.1, 0.15) is 11.4 Å². The van der Waals surface area contributed by atoms with Gasteiger partial charge in [0.1, 0.15) is 4.99 Å². The molecule has 1 rings (SSSR count). The zero-order valence-corrected chi connectivity index (χ0v) is 7.40. The number of hydrogen-bond donors (Lipinski definition) is 1. The molecular weight excluding hydrogens is 156 g/mol. The lowest BCUT2D eigenvalue weighted by atomic mass is 10.3. The van der Waals surface area contributed by atoms with Gasteiger partial charge in [-0.15, -0.1) is 0 Å². The third kappa shape index (κ3) is 1.98. The molecule has 0 aliphatic carbocycles. The molecule has 1 aromatic heterocycles. The van der Waals surface area contributed by atoms with Crippen LogP contribution in [-0.4, -0.2) is 17.0 Å². The molecule has 1 heterocycles. The summed E-state index contributed by atoms with van der Waals surface area (Å²) in [7, 11) is 1.80. The number of pyridine rings is 1. The molecule has 0 aliphatic rings. The number of nitrogens with zero attached hydrogens (tertiary/aromatic N) is 1. The maximum atomic E-state index is 5.01. The average Bonchev–Trinajstić information content (AvgIpc) is 2.03. The quantitative estimate of drug-likeness (QED) is 0.636. The molecule has 0 radical (unpaired) electrons. The highest BCUT2D eigenvalue weighted by molar-refractivity contribution is 7.80. The molecule has 1 aromatic rings. The fraction of sp³-hybridized carbons (Fsp3) is 0.250. The normalized spacial score (nSPS) is 9.27. The summed E-state index contributed by atoms with van der Waals surface area (Å²) in [5.74, 6) is 0. The molecule has 0 fully saturated rings. The monoisotopic (exact) mass is 166 g/mol. The van der Waals surface area contributed by atoms with Crippen LogP contribution in [0, 0.1) is 6.92 Å². The van der Waals surface area contributed by atoms with Gasteiger partial charge in [-0.1, -0.05) is 18.3 Å². The largest absolute Gasteiger partial charge is 0.378 e. The topological polar surface area (TPSA) is 24.9 Å². The van der Waals surface area contributed by atoms with E-state index < -0.39 is 0 Å². The summed E-state index contributed by atoms with van der Waals surface area (Å²) >= 11 is 5.01. The summed E-state index contributed by atoms with van der Waals surface area (Å²) in [5, 5.41) is 2.88. The minimum atomic E-state index is 0.689. The highest BCUT2D eigenvalue weighted by Gasteiger charge is 1.97. The Labute approximate surface area is 71.7 Å². The van der Waals surface area contributed by atoms with Crippen LogP contribution >= 0.6 is 12.2 Å². The van der Waals surface area contributed by atoms with Crippen molar-refractivity contribution >= 4 is 17.2 Å². The Morgan fingerprint density at radius 2 is 2.27 bits per heavy atom. The number of hydrogen-bond acceptors (Lipinski definition) is 2. The number of nitrogens with one attached hydrogen (secondary N) is 1. The van der Waals surface area contributed by atoms with E-state index in [1.807, 2.05) is 25.1 Å². The molecule has 0 amide bonds. The van der Waals surface area contributed by atoms with Crippen molar-refractivity contribution in [2.75, 3.05) is 7.05 Å². The lowest BCUT2D eigenvalue weighted by Crippen LogP contribution is -2.17. The fourth-order valence-corrected chi connectivity index (χ4v) is 0.911. The maximum absolute atomic E-state index is 5.01. The first-order valence-electron chi connectivity index (χ1n) is 3.40. The maximum Gasteiger partial charge on any atom is 0.125 e. The second-order valence-electron chi connectivity index (χ2n) is 2.24. The van der Waals surface area contributed by atoms with Gasteiger partial charge in [0.05, 0.1) is 5.69 Å². The molecule has 2 nitrogen and oxygen atoms in total. The van der Waals surface area contributed by atoms with E-state index in [2.05, 4.69) is 10.3 Å². The van der Waals surface area contributed by atoms with E-state index in [0.29, 0.717) is 4.99 Å². The third-order valence-corrected chi connectivity index (χ3v) is 1.76. The summed E-state index contributed by atoms with van der Waals surface area (Å²) in [6.45, 7) is 1.95. The highest BCUT2D eigenvalue weighted by atomic mass is 32.1. The van der Waals surface area contributed by atoms with Crippen molar-refractivity contribution in [1.82, 2.24) is 10.3 Å². The molecule has 3 heteroatoms. The van der Waals surface area contributed by atoms with E-state index in [1.54, 1.807) is 7.05 Å². The van der Waals surface area contributed by atoms with Crippen molar-refractivity contribution in [3.8, 4) is 0 Å². The number of rotatable bonds is 1. The van der Waals surface area contributed by atoms with Crippen LogP contribution in [0.3, 0.4) is 0 Å². The lowest BCUT2D eigenvalue weighted by Gasteiger charge is -2.01. The summed E-state index contributed by atoms with van der Waals surface area (Å²) in [6, 6.07) is 5.79. The van der Waals surface area contributed by atoms with Crippen LogP contribution in [0.15, 0.2) is 18.2 Å². The van der Waals surface area contributed by atoms with Crippen LogP contribution in [0.5, 0.6) is 0 Å². The van der Waals surface area contributed by atoms with Gasteiger partial charge in [-0.2, -0.15) is 0 Å². The van der Waals surface area contributed by atoms with Crippen LogP contribution in [-0.2, 0) is 0 Å². The van der Waals surface area contributed by atoms with Crippen molar-refractivity contribution in [2.24, 2.45) is 0 Å². The SMILES string of the molecule is CNC(=S)c1cccc(C)n1. The Morgan fingerprint density at radius 3 is 2.82 bits per heavy atom. The Morgan fingerprint density at radius 1 is 1.55 bits per heavy atom. The van der Waals surface area contributed by atoms with E-state index in [4.69, 9.17) is 12.2 Å². The Bertz CT molecular complexity index is 271. The predicted molar refractivity (Wildman–Crippen MR) is 49.7 cm³/mol. The number of aromatic nitrogens is 1. The Balaban J connectivity index is 2.96. The number of thiocarbonyl (C=S) groups is 1. The first kappa shape index (κ1) is 8.14. The van der Waals surface area contributed by atoms with Crippen LogP contribution < -0.4 is 5.32 Å². The molecule has 1 N–H and O–H groups in total. The molecule has 0 unspecified atom stereocenters. The van der Waals surface area contributed by atoms with Crippen molar-refractivity contribution in [2.45, 2.75) is 6.92 Å². The van der Waals surface area contributed by atoms with Crippen LogP contribution in [0.4, 0.5) is 0 Å². The van der Waals surface area contributed by atoms with E-state index in [-0.39, 0.29) is 0 Å². The van der Waals surface area contributed by atoms with Gasteiger partial charge in [-0.25, -0.2) is 0 Å². The average molecular weight is 166 g/mol. The van der Waals surface area contributed by atoms with Gasteiger partial charge in [0, 0.05) is 12.7 Å². The van der Waals surface area contributed by atoms with E-state index >= 15 is 0 Å². The van der Waals surface area contributed by atoms with E-state index in [1.165, 1.54) is 0 Å². The van der Waals surface area contributed by atoms with Crippen LogP contribution in [0.25, 0.3) is 0 Å². The van der Waals surface area contributed by atoms with Gasteiger partial charge in [0.25, 0.3) is 0 Å². The van der Waals surface area contributed by atoms with Crippen molar-refractivity contribution in [3.05, 3.63) is 29.6 Å². The standard InChI is InChI=1S/C8H10N2S/c1-6-4-3-5-7(10-6)8(11)9-2/h3-5H,1-2H3,(H,9,11). The summed E-state index contributed by atoms with van der Waals surface area (Å²) in [5.41, 5.74) is 1.82. The molecule has 0 aromatic carbocycles. The van der Waals surface area contributed by atoms with Crippen molar-refractivity contribution in [3.63, 3.8) is 0 Å². The van der Waals surface area contributed by atoms with E-state index in [0.717, 1.165) is 11.4 Å². The second-order valence-corrected chi connectivity index (χ2v) is 2.65. The molecule has 0 saturated heterocycles. The van der Waals surface area contributed by atoms with Gasteiger partial charge in [-0.3, -0.25) is 4.98 Å². The molecule has 0 atom stereocenters. The fourth-order valence-electron chi connectivity index (χ4n) is 0.798.